The Hall–Kier alpha value is -1.85. The molecule has 2 rings (SSSR count). The average Bonchev–Trinajstić information content (AvgIpc) is 3.08. The molecule has 0 bridgehead atoms. The minimum Gasteiger partial charge on any atom is -0.388 e. The van der Waals surface area contributed by atoms with Crippen LogP contribution in [0.15, 0.2) is 17.2 Å². The first-order chi connectivity index (χ1) is 8.09. The molecule has 6 heteroatoms. The van der Waals surface area contributed by atoms with Crippen molar-refractivity contribution < 1.29 is 0 Å². The van der Waals surface area contributed by atoms with Gasteiger partial charge >= 0.3 is 0 Å². The first kappa shape index (κ1) is 11.6. The highest BCUT2D eigenvalue weighted by Gasteiger charge is 2.31. The fourth-order valence-corrected chi connectivity index (χ4v) is 1.77. The van der Waals surface area contributed by atoms with Gasteiger partial charge in [0, 0.05) is 38.4 Å². The number of nitrogens with zero attached hydrogens (tertiary/aromatic N) is 3. The lowest BCUT2D eigenvalue weighted by Gasteiger charge is -2.22. The Morgan fingerprint density at radius 3 is 3.00 bits per heavy atom. The zero-order valence-corrected chi connectivity index (χ0v) is 9.89. The van der Waals surface area contributed by atoms with E-state index < -0.39 is 0 Å². The van der Waals surface area contributed by atoms with Gasteiger partial charge in [-0.15, -0.1) is 0 Å². The van der Waals surface area contributed by atoms with Crippen LogP contribution in [0.2, 0.25) is 0 Å². The van der Waals surface area contributed by atoms with Gasteiger partial charge in [-0.05, 0) is 12.8 Å². The Morgan fingerprint density at radius 1 is 1.71 bits per heavy atom. The first-order valence-corrected chi connectivity index (χ1v) is 5.71. The second kappa shape index (κ2) is 4.57. The lowest BCUT2D eigenvalue weighted by molar-refractivity contribution is 0.746. The number of aromatic nitrogens is 2. The van der Waals surface area contributed by atoms with Crippen molar-refractivity contribution in [3.8, 4) is 0 Å². The van der Waals surface area contributed by atoms with E-state index in [9.17, 15) is 4.79 Å². The molecule has 0 atom stereocenters. The highest BCUT2D eigenvalue weighted by molar-refractivity contribution is 5.77. The largest absolute Gasteiger partial charge is 0.388 e. The molecule has 3 N–H and O–H groups in total. The van der Waals surface area contributed by atoms with Crippen LogP contribution in [0.25, 0.3) is 0 Å². The van der Waals surface area contributed by atoms with Gasteiger partial charge in [0.15, 0.2) is 5.82 Å². The lowest BCUT2D eigenvalue weighted by atomic mass is 10.3. The number of nitrogens with two attached hydrogens (primary N) is 1. The summed E-state index contributed by atoms with van der Waals surface area (Å²) in [5.74, 6) is 0.613. The van der Waals surface area contributed by atoms with Gasteiger partial charge in [-0.3, -0.25) is 10.2 Å². The fraction of sp³-hybridized carbons (Fsp3) is 0.545. The third kappa shape index (κ3) is 2.64. The Balaban J connectivity index is 2.23. The van der Waals surface area contributed by atoms with E-state index in [4.69, 9.17) is 11.1 Å². The summed E-state index contributed by atoms with van der Waals surface area (Å²) in [5, 5.41) is 7.25. The van der Waals surface area contributed by atoms with E-state index in [1.807, 2.05) is 4.90 Å². The van der Waals surface area contributed by atoms with E-state index in [0.29, 0.717) is 24.8 Å². The van der Waals surface area contributed by atoms with Crippen LogP contribution < -0.4 is 16.2 Å². The minimum absolute atomic E-state index is 0.0945. The summed E-state index contributed by atoms with van der Waals surface area (Å²) in [5.41, 5.74) is 5.27. The van der Waals surface area contributed by atoms with Crippen LogP contribution >= 0.6 is 0 Å². The summed E-state index contributed by atoms with van der Waals surface area (Å²) in [6.45, 7) is 0.590. The quantitative estimate of drug-likeness (QED) is 0.558. The van der Waals surface area contributed by atoms with Crippen LogP contribution in [0.1, 0.15) is 19.3 Å². The molecule has 1 heterocycles. The Bertz CT molecular complexity index is 477. The van der Waals surface area contributed by atoms with E-state index in [2.05, 4.69) is 4.98 Å². The maximum Gasteiger partial charge on any atom is 0.293 e. The molecule has 1 aliphatic carbocycles. The molecule has 0 aliphatic heterocycles. The number of hydrogen-bond donors (Lipinski definition) is 2. The number of aryl methyl sites for hydroxylation is 1. The van der Waals surface area contributed by atoms with Gasteiger partial charge in [0.05, 0.1) is 5.84 Å². The zero-order chi connectivity index (χ0) is 12.4. The summed E-state index contributed by atoms with van der Waals surface area (Å²) >= 11 is 0. The molecule has 0 unspecified atom stereocenters. The lowest BCUT2D eigenvalue weighted by Crippen LogP contribution is -2.36. The maximum atomic E-state index is 12.0. The van der Waals surface area contributed by atoms with Crippen molar-refractivity contribution in [2.75, 3.05) is 11.4 Å². The summed E-state index contributed by atoms with van der Waals surface area (Å²) in [6.07, 6.45) is 5.90. The average molecular weight is 235 g/mol. The predicted octanol–water partition coefficient (Wildman–Crippen LogP) is 0.0752. The SMILES string of the molecule is Cn1ccnc(N(CCC(=N)N)C2CC2)c1=O. The molecule has 0 aromatic carbocycles. The van der Waals surface area contributed by atoms with Gasteiger partial charge in [0.2, 0.25) is 0 Å². The normalized spacial score (nSPS) is 14.6. The standard InChI is InChI=1S/C11H17N5O/c1-15-7-5-14-10(11(15)17)16(8-2-3-8)6-4-9(12)13/h5,7-8H,2-4,6H2,1H3,(H3,12,13). The molecule has 1 aromatic heterocycles. The molecule has 0 amide bonds. The minimum atomic E-state index is -0.0945. The highest BCUT2D eigenvalue weighted by atomic mass is 16.1. The number of amidine groups is 1. The first-order valence-electron chi connectivity index (χ1n) is 5.71. The summed E-state index contributed by atoms with van der Waals surface area (Å²) in [4.78, 5) is 18.1. The van der Waals surface area contributed by atoms with E-state index >= 15 is 0 Å². The van der Waals surface area contributed by atoms with E-state index in [1.54, 1.807) is 19.4 Å². The Labute approximate surface area is 99.6 Å². The molecule has 17 heavy (non-hydrogen) atoms. The van der Waals surface area contributed by atoms with Gasteiger partial charge in [-0.1, -0.05) is 0 Å². The van der Waals surface area contributed by atoms with Crippen molar-refractivity contribution in [1.82, 2.24) is 9.55 Å². The molecule has 1 aliphatic rings. The van der Waals surface area contributed by atoms with Gasteiger partial charge in [-0.25, -0.2) is 4.98 Å². The molecule has 0 saturated heterocycles. The van der Waals surface area contributed by atoms with Crippen LogP contribution in [0, 0.1) is 5.41 Å². The molecule has 0 radical (unpaired) electrons. The number of nitrogens with one attached hydrogen (secondary N) is 1. The van der Waals surface area contributed by atoms with Gasteiger partial charge < -0.3 is 15.2 Å². The van der Waals surface area contributed by atoms with Crippen molar-refractivity contribution in [2.45, 2.75) is 25.3 Å². The topological polar surface area (TPSA) is 88.0 Å². The fourth-order valence-electron chi connectivity index (χ4n) is 1.77. The summed E-state index contributed by atoms with van der Waals surface area (Å²) in [7, 11) is 1.71. The Kier molecular flexibility index (Phi) is 3.12. The second-order valence-corrected chi connectivity index (χ2v) is 4.37. The monoisotopic (exact) mass is 235 g/mol. The van der Waals surface area contributed by atoms with Gasteiger partial charge in [0.1, 0.15) is 0 Å². The molecule has 1 saturated carbocycles. The zero-order valence-electron chi connectivity index (χ0n) is 9.89. The molecule has 0 spiro atoms. The van der Waals surface area contributed by atoms with Crippen LogP contribution in [0.4, 0.5) is 5.82 Å². The predicted molar refractivity (Wildman–Crippen MR) is 66.4 cm³/mol. The van der Waals surface area contributed by atoms with Crippen molar-refractivity contribution >= 4 is 11.7 Å². The van der Waals surface area contributed by atoms with E-state index in [-0.39, 0.29) is 11.4 Å². The molecular formula is C11H17N5O. The van der Waals surface area contributed by atoms with Crippen molar-refractivity contribution in [3.05, 3.63) is 22.7 Å². The molecule has 1 fully saturated rings. The van der Waals surface area contributed by atoms with Crippen LogP contribution in [-0.4, -0.2) is 28.0 Å². The number of hydrogen-bond acceptors (Lipinski definition) is 4. The second-order valence-electron chi connectivity index (χ2n) is 4.37. The van der Waals surface area contributed by atoms with E-state index in [0.717, 1.165) is 12.8 Å². The molecular weight excluding hydrogens is 218 g/mol. The summed E-state index contributed by atoms with van der Waals surface area (Å²) < 4.78 is 1.52. The van der Waals surface area contributed by atoms with E-state index in [1.165, 1.54) is 4.57 Å². The maximum absolute atomic E-state index is 12.0. The number of anilines is 1. The molecule has 92 valence electrons. The number of rotatable bonds is 5. The van der Waals surface area contributed by atoms with Crippen LogP contribution in [-0.2, 0) is 7.05 Å². The van der Waals surface area contributed by atoms with Gasteiger partial charge in [-0.2, -0.15) is 0 Å². The smallest absolute Gasteiger partial charge is 0.293 e. The van der Waals surface area contributed by atoms with Crippen molar-refractivity contribution in [1.29, 1.82) is 5.41 Å². The third-order valence-electron chi connectivity index (χ3n) is 2.88. The Morgan fingerprint density at radius 2 is 2.41 bits per heavy atom. The third-order valence-corrected chi connectivity index (χ3v) is 2.88. The summed E-state index contributed by atoms with van der Waals surface area (Å²) in [6, 6.07) is 0.386. The van der Waals surface area contributed by atoms with Crippen molar-refractivity contribution in [2.24, 2.45) is 12.8 Å². The van der Waals surface area contributed by atoms with Crippen LogP contribution in [0.3, 0.4) is 0 Å². The van der Waals surface area contributed by atoms with Crippen molar-refractivity contribution in [3.63, 3.8) is 0 Å². The van der Waals surface area contributed by atoms with Gasteiger partial charge in [0.25, 0.3) is 5.56 Å². The highest BCUT2D eigenvalue weighted by Crippen LogP contribution is 2.29. The molecule has 1 aromatic rings. The molecule has 6 nitrogen and oxygen atoms in total. The van der Waals surface area contributed by atoms with Crippen LogP contribution in [0.5, 0.6) is 0 Å².